The largest absolute Gasteiger partial charge is 0.352 e. The second kappa shape index (κ2) is 12.6. The normalized spacial score (nSPS) is 15.2. The Morgan fingerprint density at radius 3 is 2.39 bits per heavy atom. The number of benzene rings is 2. The monoisotopic (exact) mass is 533 g/mol. The lowest BCUT2D eigenvalue weighted by Crippen LogP contribution is -2.54. The average Bonchev–Trinajstić information content (AvgIpc) is 2.83. The van der Waals surface area contributed by atoms with Crippen LogP contribution in [0.15, 0.2) is 48.5 Å². The van der Waals surface area contributed by atoms with Gasteiger partial charge in [-0.05, 0) is 55.5 Å². The van der Waals surface area contributed by atoms with Gasteiger partial charge in [-0.3, -0.25) is 13.9 Å². The van der Waals surface area contributed by atoms with Crippen LogP contribution in [0.3, 0.4) is 0 Å². The number of hydrogen-bond acceptors (Lipinski definition) is 4. The van der Waals surface area contributed by atoms with E-state index in [1.165, 1.54) is 11.3 Å². The molecule has 1 atom stereocenters. The highest BCUT2D eigenvalue weighted by atomic mass is 35.5. The summed E-state index contributed by atoms with van der Waals surface area (Å²) in [6.07, 6.45) is 6.63. The van der Waals surface area contributed by atoms with E-state index in [0.717, 1.165) is 41.8 Å². The molecule has 0 saturated heterocycles. The Morgan fingerprint density at radius 1 is 1.08 bits per heavy atom. The zero-order valence-corrected chi connectivity index (χ0v) is 22.8. The fourth-order valence-corrected chi connectivity index (χ4v) is 5.71. The Balaban J connectivity index is 1.92. The summed E-state index contributed by atoms with van der Waals surface area (Å²) in [6, 6.07) is 13.5. The molecule has 0 bridgehead atoms. The summed E-state index contributed by atoms with van der Waals surface area (Å²) < 4.78 is 26.5. The van der Waals surface area contributed by atoms with E-state index in [1.807, 2.05) is 32.0 Å². The first-order valence-corrected chi connectivity index (χ1v) is 14.7. The molecule has 196 valence electrons. The van der Waals surface area contributed by atoms with Crippen LogP contribution in [0, 0.1) is 6.92 Å². The number of rotatable bonds is 10. The number of amides is 2. The zero-order valence-electron chi connectivity index (χ0n) is 21.2. The first kappa shape index (κ1) is 28.0. The lowest BCUT2D eigenvalue weighted by Gasteiger charge is -2.34. The summed E-state index contributed by atoms with van der Waals surface area (Å²) in [5.41, 5.74) is 1.97. The van der Waals surface area contributed by atoms with Crippen LogP contribution in [0.25, 0.3) is 0 Å². The second-order valence-electron chi connectivity index (χ2n) is 9.49. The van der Waals surface area contributed by atoms with Crippen LogP contribution >= 0.6 is 11.6 Å². The molecule has 1 aliphatic carbocycles. The minimum absolute atomic E-state index is 0.0948. The topological polar surface area (TPSA) is 86.8 Å². The maximum absolute atomic E-state index is 13.8. The van der Waals surface area contributed by atoms with Gasteiger partial charge in [-0.1, -0.05) is 68.1 Å². The van der Waals surface area contributed by atoms with Crippen LogP contribution < -0.4 is 9.62 Å². The minimum atomic E-state index is -3.76. The summed E-state index contributed by atoms with van der Waals surface area (Å²) in [5.74, 6) is -0.682. The fourth-order valence-electron chi connectivity index (χ4n) is 4.67. The molecule has 1 fully saturated rings. The molecule has 2 aromatic carbocycles. The summed E-state index contributed by atoms with van der Waals surface area (Å²) in [7, 11) is -3.76. The van der Waals surface area contributed by atoms with Gasteiger partial charge in [-0.15, -0.1) is 0 Å². The molecule has 1 saturated carbocycles. The molecule has 0 radical (unpaired) electrons. The SMILES string of the molecule is CC[C@@H](C(=O)NC1CCCCC1)N(Cc1ccccc1Cl)C(=O)CN(c1cccc(C)c1)S(C)(=O)=O. The van der Waals surface area contributed by atoms with E-state index < -0.39 is 28.5 Å². The molecule has 0 spiro atoms. The number of sulfonamides is 1. The Morgan fingerprint density at radius 2 is 1.78 bits per heavy atom. The van der Waals surface area contributed by atoms with E-state index in [2.05, 4.69) is 5.32 Å². The molecule has 0 unspecified atom stereocenters. The average molecular weight is 534 g/mol. The van der Waals surface area contributed by atoms with Crippen molar-refractivity contribution in [3.63, 3.8) is 0 Å². The minimum Gasteiger partial charge on any atom is -0.352 e. The van der Waals surface area contributed by atoms with Crippen LogP contribution in [0.5, 0.6) is 0 Å². The van der Waals surface area contributed by atoms with Crippen molar-refractivity contribution in [1.29, 1.82) is 0 Å². The van der Waals surface area contributed by atoms with Crippen LogP contribution in [-0.2, 0) is 26.2 Å². The van der Waals surface area contributed by atoms with Gasteiger partial charge in [0.25, 0.3) is 0 Å². The van der Waals surface area contributed by atoms with Gasteiger partial charge in [0.1, 0.15) is 12.6 Å². The van der Waals surface area contributed by atoms with Crippen LogP contribution in [0.4, 0.5) is 5.69 Å². The van der Waals surface area contributed by atoms with Crippen LogP contribution in [0.2, 0.25) is 5.02 Å². The number of carbonyl (C=O) groups excluding carboxylic acids is 2. The lowest BCUT2D eigenvalue weighted by molar-refractivity contribution is -0.140. The third-order valence-corrected chi connectivity index (χ3v) is 8.11. The molecule has 9 heteroatoms. The highest BCUT2D eigenvalue weighted by molar-refractivity contribution is 7.92. The lowest BCUT2D eigenvalue weighted by atomic mass is 9.95. The standard InChI is InChI=1S/C27H36ClN3O4S/c1-4-25(27(33)29-22-13-6-5-7-14-22)30(18-21-12-8-9-16-24(21)28)26(32)19-31(36(3,34)35)23-15-10-11-20(2)17-23/h8-12,15-17,22,25H,4-7,13-14,18-19H2,1-3H3,(H,29,33)/t25-/m0/s1. The zero-order chi connectivity index (χ0) is 26.3. The smallest absolute Gasteiger partial charge is 0.244 e. The maximum Gasteiger partial charge on any atom is 0.244 e. The van der Waals surface area contributed by atoms with Crippen molar-refractivity contribution >= 4 is 39.1 Å². The maximum atomic E-state index is 13.8. The van der Waals surface area contributed by atoms with E-state index >= 15 is 0 Å². The van der Waals surface area contributed by atoms with Crippen molar-refractivity contribution in [3.8, 4) is 0 Å². The molecule has 2 aromatic rings. The van der Waals surface area contributed by atoms with Crippen molar-refractivity contribution in [3.05, 3.63) is 64.7 Å². The van der Waals surface area contributed by atoms with Crippen LogP contribution in [0.1, 0.15) is 56.6 Å². The predicted molar refractivity (Wildman–Crippen MR) is 144 cm³/mol. The number of anilines is 1. The third kappa shape index (κ3) is 7.46. The first-order chi connectivity index (χ1) is 17.1. The van der Waals surface area contributed by atoms with Crippen molar-refractivity contribution in [2.45, 2.75) is 71.0 Å². The summed E-state index contributed by atoms with van der Waals surface area (Å²) in [4.78, 5) is 28.6. The predicted octanol–water partition coefficient (Wildman–Crippen LogP) is 4.67. The quantitative estimate of drug-likeness (QED) is 0.481. The van der Waals surface area contributed by atoms with Crippen molar-refractivity contribution in [2.24, 2.45) is 0 Å². The first-order valence-electron chi connectivity index (χ1n) is 12.5. The molecule has 36 heavy (non-hydrogen) atoms. The van der Waals surface area contributed by atoms with Gasteiger partial charge in [0.2, 0.25) is 21.8 Å². The van der Waals surface area contributed by atoms with E-state index in [1.54, 1.807) is 30.3 Å². The number of halogens is 1. The van der Waals surface area contributed by atoms with Gasteiger partial charge in [0.05, 0.1) is 11.9 Å². The Bertz CT molecular complexity index is 1170. The Labute approximate surface area is 219 Å². The van der Waals surface area contributed by atoms with Crippen LogP contribution in [-0.4, -0.2) is 50.0 Å². The number of aryl methyl sites for hydroxylation is 1. The molecule has 1 aliphatic rings. The van der Waals surface area contributed by atoms with Gasteiger partial charge in [0.15, 0.2) is 0 Å². The number of nitrogens with one attached hydrogen (secondary N) is 1. The Kier molecular flexibility index (Phi) is 9.79. The van der Waals surface area contributed by atoms with Gasteiger partial charge in [-0.2, -0.15) is 0 Å². The third-order valence-electron chi connectivity index (χ3n) is 6.60. The molecular weight excluding hydrogens is 498 g/mol. The molecule has 1 N–H and O–H groups in total. The summed E-state index contributed by atoms with van der Waals surface area (Å²) in [5, 5.41) is 3.61. The van der Waals surface area contributed by atoms with Gasteiger partial charge in [-0.25, -0.2) is 8.42 Å². The molecule has 0 heterocycles. The highest BCUT2D eigenvalue weighted by Crippen LogP contribution is 2.24. The van der Waals surface area contributed by atoms with E-state index in [9.17, 15) is 18.0 Å². The Hall–Kier alpha value is -2.58. The molecule has 3 rings (SSSR count). The van der Waals surface area contributed by atoms with Gasteiger partial charge < -0.3 is 10.2 Å². The molecular formula is C27H36ClN3O4S. The molecule has 2 amide bonds. The van der Waals surface area contributed by atoms with Crippen molar-refractivity contribution in [1.82, 2.24) is 10.2 Å². The summed E-state index contributed by atoms with van der Waals surface area (Å²) in [6.45, 7) is 3.39. The van der Waals surface area contributed by atoms with E-state index in [0.29, 0.717) is 22.7 Å². The molecule has 0 aliphatic heterocycles. The molecule has 7 nitrogen and oxygen atoms in total. The van der Waals surface area contributed by atoms with Gasteiger partial charge in [0, 0.05) is 17.6 Å². The number of nitrogens with zero attached hydrogens (tertiary/aromatic N) is 2. The van der Waals surface area contributed by atoms with E-state index in [4.69, 9.17) is 11.6 Å². The van der Waals surface area contributed by atoms with Gasteiger partial charge >= 0.3 is 0 Å². The van der Waals surface area contributed by atoms with Crippen molar-refractivity contribution < 1.29 is 18.0 Å². The van der Waals surface area contributed by atoms with Crippen molar-refractivity contribution in [2.75, 3.05) is 17.1 Å². The number of hydrogen-bond donors (Lipinski definition) is 1. The fraction of sp³-hybridized carbons (Fsp3) is 0.481. The van der Waals surface area contributed by atoms with E-state index in [-0.39, 0.29) is 18.5 Å². The highest BCUT2D eigenvalue weighted by Gasteiger charge is 2.33. The molecule has 0 aromatic heterocycles. The summed E-state index contributed by atoms with van der Waals surface area (Å²) >= 11 is 6.40. The number of carbonyl (C=O) groups is 2. The second-order valence-corrected chi connectivity index (χ2v) is 11.8.